The third kappa shape index (κ3) is 5.04. The van der Waals surface area contributed by atoms with Crippen molar-refractivity contribution in [1.82, 2.24) is 9.21 Å². The minimum absolute atomic E-state index is 0.0871. The van der Waals surface area contributed by atoms with Crippen LogP contribution in [0.3, 0.4) is 0 Å². The molecule has 168 valence electrons. The first-order valence-corrected chi connectivity index (χ1v) is 11.9. The summed E-state index contributed by atoms with van der Waals surface area (Å²) in [5.41, 5.74) is 0. The van der Waals surface area contributed by atoms with Crippen LogP contribution < -0.4 is 0 Å². The highest BCUT2D eigenvalue weighted by molar-refractivity contribution is 7.89. The molecule has 2 fully saturated rings. The van der Waals surface area contributed by atoms with E-state index in [4.69, 9.17) is 13.9 Å². The molecular formula is C20H30N2O7S. The normalized spacial score (nSPS) is 20.9. The topological polar surface area (TPSA) is 106 Å². The lowest BCUT2D eigenvalue weighted by Gasteiger charge is -2.33. The van der Waals surface area contributed by atoms with Gasteiger partial charge >= 0.3 is 5.97 Å². The van der Waals surface area contributed by atoms with Crippen molar-refractivity contribution in [2.45, 2.75) is 38.2 Å². The Hall–Kier alpha value is -1.91. The number of piperidine rings is 1. The third-order valence-electron chi connectivity index (χ3n) is 5.65. The van der Waals surface area contributed by atoms with Crippen molar-refractivity contribution in [1.29, 1.82) is 0 Å². The molecule has 0 bridgehead atoms. The van der Waals surface area contributed by atoms with E-state index < -0.39 is 16.0 Å². The van der Waals surface area contributed by atoms with Crippen molar-refractivity contribution in [2.24, 2.45) is 11.8 Å². The van der Waals surface area contributed by atoms with Crippen LogP contribution in [0.5, 0.6) is 0 Å². The summed E-state index contributed by atoms with van der Waals surface area (Å²) in [5.74, 6) is -0.568. The van der Waals surface area contributed by atoms with Gasteiger partial charge in [-0.2, -0.15) is 4.31 Å². The van der Waals surface area contributed by atoms with Crippen LogP contribution in [0.1, 0.15) is 43.7 Å². The second kappa shape index (κ2) is 9.93. The van der Waals surface area contributed by atoms with Gasteiger partial charge in [-0.1, -0.05) is 0 Å². The Bertz CT molecular complexity index is 837. The molecule has 30 heavy (non-hydrogen) atoms. The van der Waals surface area contributed by atoms with Gasteiger partial charge in [0.15, 0.2) is 0 Å². The largest absolute Gasteiger partial charge is 0.460 e. The van der Waals surface area contributed by atoms with Crippen LogP contribution in [0.15, 0.2) is 21.6 Å². The molecule has 1 aromatic rings. The molecule has 1 aromatic heterocycles. The summed E-state index contributed by atoms with van der Waals surface area (Å²) in [6.45, 7) is 7.03. The highest BCUT2D eigenvalue weighted by Gasteiger charge is 2.36. The maximum absolute atomic E-state index is 12.9. The summed E-state index contributed by atoms with van der Waals surface area (Å²) < 4.78 is 42.5. The van der Waals surface area contributed by atoms with Gasteiger partial charge in [-0.05, 0) is 45.2 Å². The standard InChI is InChI=1S/C20H30N2O7S/c1-3-21(13-15-9-12-27-14-15)19(23)16-7-10-22(11-8-16)30(25,26)18-6-5-17(29-18)20(24)28-4-2/h5-6,15-16H,3-4,7-14H2,1-2H3. The van der Waals surface area contributed by atoms with Gasteiger partial charge in [0.05, 0.1) is 13.2 Å². The Balaban J connectivity index is 1.58. The molecule has 1 unspecified atom stereocenters. The fourth-order valence-corrected chi connectivity index (χ4v) is 5.29. The molecule has 0 N–H and O–H groups in total. The highest BCUT2D eigenvalue weighted by Crippen LogP contribution is 2.27. The number of sulfonamides is 1. The van der Waals surface area contributed by atoms with Crippen molar-refractivity contribution in [3.8, 4) is 0 Å². The number of hydrogen-bond acceptors (Lipinski definition) is 7. The fourth-order valence-electron chi connectivity index (χ4n) is 3.91. The van der Waals surface area contributed by atoms with Crippen LogP contribution in [-0.4, -0.2) is 75.5 Å². The lowest BCUT2D eigenvalue weighted by Crippen LogP contribution is -2.45. The molecule has 2 aliphatic heterocycles. The van der Waals surface area contributed by atoms with Gasteiger partial charge in [0.25, 0.3) is 10.0 Å². The van der Waals surface area contributed by atoms with E-state index in [1.54, 1.807) is 6.92 Å². The Morgan fingerprint density at radius 3 is 2.53 bits per heavy atom. The quantitative estimate of drug-likeness (QED) is 0.565. The third-order valence-corrected chi connectivity index (χ3v) is 7.42. The molecule has 3 heterocycles. The second-order valence-corrected chi connectivity index (χ2v) is 9.49. The molecule has 0 spiro atoms. The van der Waals surface area contributed by atoms with Crippen molar-refractivity contribution in [3.63, 3.8) is 0 Å². The number of carbonyl (C=O) groups excluding carboxylic acids is 2. The lowest BCUT2D eigenvalue weighted by atomic mass is 9.96. The summed E-state index contributed by atoms with van der Waals surface area (Å²) >= 11 is 0. The molecule has 3 rings (SSSR count). The zero-order valence-electron chi connectivity index (χ0n) is 17.5. The van der Waals surface area contributed by atoms with E-state index >= 15 is 0 Å². The summed E-state index contributed by atoms with van der Waals surface area (Å²) in [4.78, 5) is 26.5. The van der Waals surface area contributed by atoms with E-state index in [1.807, 2.05) is 11.8 Å². The number of esters is 1. The van der Waals surface area contributed by atoms with Crippen LogP contribution in [0.2, 0.25) is 0 Å². The maximum Gasteiger partial charge on any atom is 0.374 e. The first-order chi connectivity index (χ1) is 14.4. The highest BCUT2D eigenvalue weighted by atomic mass is 32.2. The molecule has 2 aliphatic rings. The zero-order valence-corrected chi connectivity index (χ0v) is 18.4. The SMILES string of the molecule is CCOC(=O)c1ccc(S(=O)(=O)N2CCC(C(=O)N(CC)CC3CCOC3)CC2)o1. The number of rotatable bonds is 8. The average Bonchev–Trinajstić information content (AvgIpc) is 3.44. The van der Waals surface area contributed by atoms with E-state index in [0.29, 0.717) is 38.5 Å². The van der Waals surface area contributed by atoms with Gasteiger partial charge in [0.2, 0.25) is 16.8 Å². The maximum atomic E-state index is 12.9. The summed E-state index contributed by atoms with van der Waals surface area (Å²) in [6, 6.07) is 2.56. The van der Waals surface area contributed by atoms with Crippen molar-refractivity contribution >= 4 is 21.9 Å². The van der Waals surface area contributed by atoms with Crippen LogP contribution in [0.4, 0.5) is 0 Å². The number of furan rings is 1. The lowest BCUT2D eigenvalue weighted by molar-refractivity contribution is -0.137. The smallest absolute Gasteiger partial charge is 0.374 e. The minimum Gasteiger partial charge on any atom is -0.460 e. The van der Waals surface area contributed by atoms with Gasteiger partial charge in [-0.3, -0.25) is 4.79 Å². The van der Waals surface area contributed by atoms with Gasteiger partial charge in [-0.15, -0.1) is 0 Å². The van der Waals surface area contributed by atoms with Gasteiger partial charge in [0.1, 0.15) is 0 Å². The van der Waals surface area contributed by atoms with Gasteiger partial charge < -0.3 is 18.8 Å². The fraction of sp³-hybridized carbons (Fsp3) is 0.700. The number of ether oxygens (including phenoxy) is 2. The van der Waals surface area contributed by atoms with Crippen LogP contribution >= 0.6 is 0 Å². The molecular weight excluding hydrogens is 412 g/mol. The molecule has 9 nitrogen and oxygen atoms in total. The van der Waals surface area contributed by atoms with Crippen LogP contribution in [0.25, 0.3) is 0 Å². The van der Waals surface area contributed by atoms with Crippen molar-refractivity contribution in [2.75, 3.05) is 46.0 Å². The predicted molar refractivity (Wildman–Crippen MR) is 107 cm³/mol. The Kier molecular flexibility index (Phi) is 7.54. The molecule has 0 aromatic carbocycles. The molecule has 1 amide bonds. The van der Waals surface area contributed by atoms with Crippen LogP contribution in [-0.2, 0) is 24.3 Å². The predicted octanol–water partition coefficient (Wildman–Crippen LogP) is 1.74. The first-order valence-electron chi connectivity index (χ1n) is 10.5. The zero-order chi connectivity index (χ0) is 21.7. The number of amides is 1. The number of nitrogens with zero attached hydrogens (tertiary/aromatic N) is 2. The van der Waals surface area contributed by atoms with Gasteiger partial charge in [-0.25, -0.2) is 13.2 Å². The van der Waals surface area contributed by atoms with Gasteiger partial charge in [0, 0.05) is 44.6 Å². The molecule has 0 aliphatic carbocycles. The molecule has 2 saturated heterocycles. The minimum atomic E-state index is -3.87. The second-order valence-electron chi connectivity index (χ2n) is 7.62. The Labute approximate surface area is 177 Å². The molecule has 0 radical (unpaired) electrons. The van der Waals surface area contributed by atoms with Crippen molar-refractivity contribution in [3.05, 3.63) is 17.9 Å². The van der Waals surface area contributed by atoms with E-state index in [1.165, 1.54) is 16.4 Å². The summed E-state index contributed by atoms with van der Waals surface area (Å²) in [7, 11) is -3.87. The number of hydrogen-bond donors (Lipinski definition) is 0. The Morgan fingerprint density at radius 1 is 1.20 bits per heavy atom. The average molecular weight is 443 g/mol. The molecule has 1 atom stereocenters. The summed E-state index contributed by atoms with van der Waals surface area (Å²) in [6.07, 6.45) is 1.89. The van der Waals surface area contributed by atoms with E-state index in [2.05, 4.69) is 0 Å². The molecule has 0 saturated carbocycles. The summed E-state index contributed by atoms with van der Waals surface area (Å²) in [5, 5.41) is -0.285. The molecule has 10 heteroatoms. The first kappa shape index (κ1) is 22.8. The van der Waals surface area contributed by atoms with E-state index in [0.717, 1.165) is 13.0 Å². The Morgan fingerprint density at radius 2 is 1.93 bits per heavy atom. The monoisotopic (exact) mass is 442 g/mol. The van der Waals surface area contributed by atoms with Crippen molar-refractivity contribution < 1.29 is 31.9 Å². The number of carbonyl (C=O) groups is 2. The van der Waals surface area contributed by atoms with Crippen LogP contribution in [0, 0.1) is 11.8 Å². The van der Waals surface area contributed by atoms with E-state index in [-0.39, 0.29) is 42.4 Å². The van der Waals surface area contributed by atoms with E-state index in [9.17, 15) is 18.0 Å².